The standard InChI is InChI=1S/C18H28N2O6/c1-7-10-19(15(21)8-2)14(6)18(25)26-11-9-16(22)20(12(3)4)13(5)17(23)24/h8-9,11-14H,2,7,10H2,1,3-6H3,(H,23,24)/b11-9+/t13-,14-/m0/s1. The number of amides is 2. The van der Waals surface area contributed by atoms with Crippen molar-refractivity contribution in [3.8, 4) is 0 Å². The molecular formula is C18H28N2O6. The van der Waals surface area contributed by atoms with Gasteiger partial charge in [-0.05, 0) is 40.2 Å². The highest BCUT2D eigenvalue weighted by atomic mass is 16.5. The van der Waals surface area contributed by atoms with E-state index in [1.807, 2.05) is 6.92 Å². The largest absolute Gasteiger partial charge is 0.480 e. The van der Waals surface area contributed by atoms with Crippen LogP contribution in [0.4, 0.5) is 0 Å². The molecule has 0 spiro atoms. The Morgan fingerprint density at radius 2 is 1.65 bits per heavy atom. The molecule has 2 atom stereocenters. The van der Waals surface area contributed by atoms with E-state index in [1.54, 1.807) is 13.8 Å². The molecule has 0 aliphatic carbocycles. The highest BCUT2D eigenvalue weighted by Crippen LogP contribution is 2.08. The number of nitrogens with zero attached hydrogens (tertiary/aromatic N) is 2. The van der Waals surface area contributed by atoms with Gasteiger partial charge in [0.05, 0.1) is 6.26 Å². The zero-order chi connectivity index (χ0) is 20.4. The summed E-state index contributed by atoms with van der Waals surface area (Å²) in [7, 11) is 0. The van der Waals surface area contributed by atoms with E-state index in [0.717, 1.165) is 23.3 Å². The van der Waals surface area contributed by atoms with Crippen LogP contribution in [0, 0.1) is 0 Å². The van der Waals surface area contributed by atoms with Gasteiger partial charge in [-0.15, -0.1) is 0 Å². The van der Waals surface area contributed by atoms with Crippen molar-refractivity contribution in [2.45, 2.75) is 59.2 Å². The Balaban J connectivity index is 5.00. The van der Waals surface area contributed by atoms with Crippen LogP contribution in [0.1, 0.15) is 41.0 Å². The van der Waals surface area contributed by atoms with Crippen LogP contribution in [0.25, 0.3) is 0 Å². The molecule has 0 aliphatic rings. The van der Waals surface area contributed by atoms with Gasteiger partial charge in [-0.25, -0.2) is 9.59 Å². The monoisotopic (exact) mass is 368 g/mol. The Labute approximate surface area is 154 Å². The second kappa shape index (κ2) is 11.1. The molecule has 0 rings (SSSR count). The minimum Gasteiger partial charge on any atom is -0.480 e. The quantitative estimate of drug-likeness (QED) is 0.356. The molecular weight excluding hydrogens is 340 g/mol. The van der Waals surface area contributed by atoms with Crippen molar-refractivity contribution < 1.29 is 29.0 Å². The van der Waals surface area contributed by atoms with Gasteiger partial charge in [-0.3, -0.25) is 9.59 Å². The second-order valence-electron chi connectivity index (χ2n) is 6.00. The zero-order valence-electron chi connectivity index (χ0n) is 16.0. The average molecular weight is 368 g/mol. The SMILES string of the molecule is C=CC(=O)N(CCC)[C@@H](C)C(=O)O/C=C/C(=O)N(C(C)C)[C@@H](C)C(=O)O. The summed E-state index contributed by atoms with van der Waals surface area (Å²) in [5.41, 5.74) is 0. The van der Waals surface area contributed by atoms with Crippen LogP contribution in [-0.4, -0.2) is 63.3 Å². The minimum absolute atomic E-state index is 0.349. The maximum Gasteiger partial charge on any atom is 0.333 e. The second-order valence-corrected chi connectivity index (χ2v) is 6.00. The number of esters is 1. The molecule has 0 saturated carbocycles. The number of aliphatic carboxylic acids is 1. The summed E-state index contributed by atoms with van der Waals surface area (Å²) >= 11 is 0. The van der Waals surface area contributed by atoms with Crippen LogP contribution in [-0.2, 0) is 23.9 Å². The number of ether oxygens (including phenoxy) is 1. The minimum atomic E-state index is -1.13. The van der Waals surface area contributed by atoms with Gasteiger partial charge in [0.2, 0.25) is 5.91 Å². The first kappa shape index (κ1) is 23.4. The smallest absolute Gasteiger partial charge is 0.333 e. The third-order valence-electron chi connectivity index (χ3n) is 3.71. The van der Waals surface area contributed by atoms with E-state index < -0.39 is 35.8 Å². The number of carboxylic acids is 1. The van der Waals surface area contributed by atoms with Crippen molar-refractivity contribution >= 4 is 23.8 Å². The first-order valence-corrected chi connectivity index (χ1v) is 8.43. The molecule has 0 aliphatic heterocycles. The Bertz CT molecular complexity index is 570. The van der Waals surface area contributed by atoms with Crippen molar-refractivity contribution in [1.82, 2.24) is 9.80 Å². The third-order valence-corrected chi connectivity index (χ3v) is 3.71. The fourth-order valence-corrected chi connectivity index (χ4v) is 2.34. The predicted molar refractivity (Wildman–Crippen MR) is 96.0 cm³/mol. The van der Waals surface area contributed by atoms with E-state index >= 15 is 0 Å². The van der Waals surface area contributed by atoms with Crippen LogP contribution >= 0.6 is 0 Å². The lowest BCUT2D eigenvalue weighted by molar-refractivity contribution is -0.149. The van der Waals surface area contributed by atoms with Gasteiger partial charge >= 0.3 is 11.9 Å². The number of hydrogen-bond donors (Lipinski definition) is 1. The van der Waals surface area contributed by atoms with Crippen LogP contribution in [0.2, 0.25) is 0 Å². The van der Waals surface area contributed by atoms with Gasteiger partial charge in [-0.1, -0.05) is 13.5 Å². The van der Waals surface area contributed by atoms with E-state index in [0.29, 0.717) is 13.0 Å². The Kier molecular flexibility index (Phi) is 9.94. The summed E-state index contributed by atoms with van der Waals surface area (Å²) in [6.07, 6.45) is 3.67. The summed E-state index contributed by atoms with van der Waals surface area (Å²) in [5, 5.41) is 9.07. The van der Waals surface area contributed by atoms with Crippen molar-refractivity contribution in [2.75, 3.05) is 6.54 Å². The lowest BCUT2D eigenvalue weighted by atomic mass is 10.2. The van der Waals surface area contributed by atoms with E-state index in [9.17, 15) is 19.2 Å². The van der Waals surface area contributed by atoms with Crippen LogP contribution < -0.4 is 0 Å². The molecule has 1 N–H and O–H groups in total. The van der Waals surface area contributed by atoms with Crippen molar-refractivity contribution in [3.05, 3.63) is 25.0 Å². The highest BCUT2D eigenvalue weighted by Gasteiger charge is 2.27. The number of carbonyl (C=O) groups is 4. The van der Waals surface area contributed by atoms with E-state index in [4.69, 9.17) is 9.84 Å². The molecule has 0 unspecified atom stereocenters. The molecule has 0 aromatic carbocycles. The van der Waals surface area contributed by atoms with Crippen LogP contribution in [0.15, 0.2) is 25.0 Å². The Morgan fingerprint density at radius 3 is 2.08 bits per heavy atom. The third kappa shape index (κ3) is 6.70. The van der Waals surface area contributed by atoms with Crippen LogP contribution in [0.3, 0.4) is 0 Å². The molecule has 0 bridgehead atoms. The lowest BCUT2D eigenvalue weighted by Crippen LogP contribution is -2.46. The molecule has 0 fully saturated rings. The summed E-state index contributed by atoms with van der Waals surface area (Å²) in [4.78, 5) is 49.6. The fourth-order valence-electron chi connectivity index (χ4n) is 2.34. The number of carbonyl (C=O) groups excluding carboxylic acids is 3. The van der Waals surface area contributed by atoms with Gasteiger partial charge in [0, 0.05) is 18.7 Å². The molecule has 8 nitrogen and oxygen atoms in total. The summed E-state index contributed by atoms with van der Waals surface area (Å²) in [6.45, 7) is 11.9. The van der Waals surface area contributed by atoms with E-state index in [1.165, 1.54) is 18.7 Å². The molecule has 146 valence electrons. The Hall–Kier alpha value is -2.64. The normalized spacial score (nSPS) is 13.2. The van der Waals surface area contributed by atoms with Gasteiger partial charge < -0.3 is 19.6 Å². The number of hydrogen-bond acceptors (Lipinski definition) is 5. The van der Waals surface area contributed by atoms with Crippen molar-refractivity contribution in [3.63, 3.8) is 0 Å². The fraction of sp³-hybridized carbons (Fsp3) is 0.556. The van der Waals surface area contributed by atoms with Crippen LogP contribution in [0.5, 0.6) is 0 Å². The zero-order valence-corrected chi connectivity index (χ0v) is 16.0. The number of carboxylic acid groups (broad SMARTS) is 1. The average Bonchev–Trinajstić information content (AvgIpc) is 2.57. The van der Waals surface area contributed by atoms with Gasteiger partial charge in [0.15, 0.2) is 0 Å². The molecule has 0 aromatic heterocycles. The van der Waals surface area contributed by atoms with Gasteiger partial charge in [0.1, 0.15) is 12.1 Å². The lowest BCUT2D eigenvalue weighted by Gasteiger charge is -2.29. The van der Waals surface area contributed by atoms with E-state index in [-0.39, 0.29) is 6.04 Å². The van der Waals surface area contributed by atoms with Crippen molar-refractivity contribution in [2.24, 2.45) is 0 Å². The van der Waals surface area contributed by atoms with Gasteiger partial charge in [0.25, 0.3) is 5.91 Å². The summed E-state index contributed by atoms with van der Waals surface area (Å²) in [5.74, 6) is -2.83. The molecule has 0 heterocycles. The van der Waals surface area contributed by atoms with E-state index in [2.05, 4.69) is 6.58 Å². The molecule has 26 heavy (non-hydrogen) atoms. The highest BCUT2D eigenvalue weighted by molar-refractivity contribution is 5.92. The Morgan fingerprint density at radius 1 is 1.08 bits per heavy atom. The van der Waals surface area contributed by atoms with Crippen molar-refractivity contribution in [1.29, 1.82) is 0 Å². The molecule has 2 amide bonds. The molecule has 8 heteroatoms. The first-order valence-electron chi connectivity index (χ1n) is 8.43. The molecule has 0 aromatic rings. The predicted octanol–water partition coefficient (Wildman–Crippen LogP) is 1.57. The number of rotatable bonds is 10. The molecule has 0 radical (unpaired) electrons. The molecule has 0 saturated heterocycles. The maximum atomic E-state index is 12.2. The summed E-state index contributed by atoms with van der Waals surface area (Å²) < 4.78 is 4.92. The topological polar surface area (TPSA) is 104 Å². The first-order chi connectivity index (χ1) is 12.1. The van der Waals surface area contributed by atoms with Gasteiger partial charge in [-0.2, -0.15) is 0 Å². The summed E-state index contributed by atoms with van der Waals surface area (Å²) in [6, 6.07) is -2.22. The maximum absolute atomic E-state index is 12.2.